The molecule has 18 aromatic rings. The van der Waals surface area contributed by atoms with Gasteiger partial charge in [0.1, 0.15) is 0 Å². The Labute approximate surface area is 504 Å². The molecule has 0 aliphatic rings. The molecule has 16 aromatic carbocycles. The van der Waals surface area contributed by atoms with Crippen molar-refractivity contribution in [3.8, 4) is 55.9 Å². The van der Waals surface area contributed by atoms with E-state index in [0.717, 1.165) is 0 Å². The number of fused-ring (bicyclic) bond motifs is 12. The molecule has 2 aromatic heterocycles. The van der Waals surface area contributed by atoms with Gasteiger partial charge in [-0.3, -0.25) is 0 Å². The number of aromatic nitrogens is 2. The molecule has 0 saturated carbocycles. The normalized spacial score (nSPS) is 11.7. The zero-order chi connectivity index (χ0) is 57.5. The van der Waals surface area contributed by atoms with E-state index >= 15 is 0 Å². The number of hydrogen-bond acceptors (Lipinski definition) is 0. The average molecular weight is 1110 g/mol. The lowest BCUT2D eigenvalue weighted by Gasteiger charge is -2.18. The lowest BCUT2D eigenvalue weighted by Crippen LogP contribution is -1.94. The Morgan fingerprint density at radius 3 is 0.759 bits per heavy atom. The molecule has 0 bridgehead atoms. The molecule has 0 saturated heterocycles. The highest BCUT2D eigenvalue weighted by atomic mass is 15.0. The highest BCUT2D eigenvalue weighted by Crippen LogP contribution is 2.47. The maximum Gasteiger partial charge on any atom is 0.0541 e. The summed E-state index contributed by atoms with van der Waals surface area (Å²) in [4.78, 5) is 0. The van der Waals surface area contributed by atoms with Crippen molar-refractivity contribution in [1.29, 1.82) is 0 Å². The first-order valence-electron chi connectivity index (χ1n) is 30.1. The maximum atomic E-state index is 2.39. The molecule has 0 atom stereocenters. The minimum atomic E-state index is 1.18. The molecule has 0 unspecified atom stereocenters. The standard InChI is InChI=1S/C43H29N.C42H27N/c1-28-18-20-29(21-19-28)42-36-12-2-4-14-38(36)43(39-15-5-3-13-37(39)42)32-23-22-31-27-33(25-24-30(31)26-32)44-40-16-8-6-10-34(40)35-11-7-9-17-41(35)44;1-2-12-28(13-3-1)41-35-16-4-6-18-37(35)42(38-19-7-5-17-36(38)41)31-23-22-30-27-32(25-24-29(30)26-31)43-39-20-10-8-14-33(39)34-15-9-11-21-40(34)43/h2-27H,1H3;1-27H. The van der Waals surface area contributed by atoms with Crippen LogP contribution in [0.5, 0.6) is 0 Å². The maximum absolute atomic E-state index is 2.39. The van der Waals surface area contributed by atoms with Crippen molar-refractivity contribution in [3.63, 3.8) is 0 Å². The number of rotatable bonds is 6. The molecule has 406 valence electrons. The third-order valence-electron chi connectivity index (χ3n) is 18.2. The van der Waals surface area contributed by atoms with Gasteiger partial charge < -0.3 is 9.13 Å². The quantitative estimate of drug-likeness (QED) is 0.147. The smallest absolute Gasteiger partial charge is 0.0541 e. The lowest BCUT2D eigenvalue weighted by atomic mass is 9.85. The average Bonchev–Trinajstić information content (AvgIpc) is 2.76. The van der Waals surface area contributed by atoms with Gasteiger partial charge in [-0.25, -0.2) is 0 Å². The summed E-state index contributed by atoms with van der Waals surface area (Å²) < 4.78 is 4.78. The minimum absolute atomic E-state index is 1.18. The highest BCUT2D eigenvalue weighted by Gasteiger charge is 2.20. The number of aryl methyl sites for hydroxylation is 1. The van der Waals surface area contributed by atoms with Gasteiger partial charge in [0.05, 0.1) is 22.1 Å². The Kier molecular flexibility index (Phi) is 11.8. The van der Waals surface area contributed by atoms with Crippen LogP contribution in [0.15, 0.2) is 322 Å². The summed E-state index contributed by atoms with van der Waals surface area (Å²) in [7, 11) is 0. The summed E-state index contributed by atoms with van der Waals surface area (Å²) in [5.41, 5.74) is 18.7. The Morgan fingerprint density at radius 2 is 0.425 bits per heavy atom. The first-order valence-corrected chi connectivity index (χ1v) is 30.1. The van der Waals surface area contributed by atoms with Gasteiger partial charge in [-0.2, -0.15) is 0 Å². The third-order valence-corrected chi connectivity index (χ3v) is 18.2. The van der Waals surface area contributed by atoms with Crippen molar-refractivity contribution >= 4 is 108 Å². The summed E-state index contributed by atoms with van der Waals surface area (Å²) in [6, 6.07) is 118. The van der Waals surface area contributed by atoms with E-state index in [1.54, 1.807) is 0 Å². The topological polar surface area (TPSA) is 9.86 Å². The van der Waals surface area contributed by atoms with Crippen LogP contribution < -0.4 is 0 Å². The van der Waals surface area contributed by atoms with Gasteiger partial charge in [-0.1, -0.05) is 266 Å². The first kappa shape index (κ1) is 50.2. The molecule has 0 aliphatic heterocycles. The van der Waals surface area contributed by atoms with Crippen LogP contribution in [-0.4, -0.2) is 9.13 Å². The van der Waals surface area contributed by atoms with E-state index < -0.39 is 0 Å². The summed E-state index contributed by atoms with van der Waals surface area (Å²) >= 11 is 0. The first-order chi connectivity index (χ1) is 43.1. The van der Waals surface area contributed by atoms with Crippen LogP contribution in [0.1, 0.15) is 5.56 Å². The molecular formula is C85H56N2. The molecular weight excluding hydrogens is 1050 g/mol. The van der Waals surface area contributed by atoms with Crippen LogP contribution in [0.25, 0.3) is 164 Å². The van der Waals surface area contributed by atoms with E-state index in [-0.39, 0.29) is 0 Å². The molecule has 2 heteroatoms. The second kappa shape index (κ2) is 20.5. The fraction of sp³-hybridized carbons (Fsp3) is 0.0118. The van der Waals surface area contributed by atoms with Gasteiger partial charge in [0.15, 0.2) is 0 Å². The molecule has 2 heterocycles. The monoisotopic (exact) mass is 1100 g/mol. The van der Waals surface area contributed by atoms with Gasteiger partial charge >= 0.3 is 0 Å². The highest BCUT2D eigenvalue weighted by molar-refractivity contribution is 6.23. The van der Waals surface area contributed by atoms with Crippen molar-refractivity contribution in [3.05, 3.63) is 327 Å². The van der Waals surface area contributed by atoms with Crippen molar-refractivity contribution in [1.82, 2.24) is 9.13 Å². The Bertz CT molecular complexity index is 5540. The zero-order valence-electron chi connectivity index (χ0n) is 48.0. The number of para-hydroxylation sites is 4. The molecule has 0 N–H and O–H groups in total. The number of benzene rings is 16. The van der Waals surface area contributed by atoms with E-state index in [2.05, 4.69) is 338 Å². The second-order valence-corrected chi connectivity index (χ2v) is 23.1. The summed E-state index contributed by atoms with van der Waals surface area (Å²) in [6.45, 7) is 2.15. The summed E-state index contributed by atoms with van der Waals surface area (Å²) in [6.07, 6.45) is 0. The van der Waals surface area contributed by atoms with Gasteiger partial charge in [-0.05, 0) is 177 Å². The van der Waals surface area contributed by atoms with Crippen LogP contribution in [0.3, 0.4) is 0 Å². The van der Waals surface area contributed by atoms with Gasteiger partial charge in [0.2, 0.25) is 0 Å². The Hall–Kier alpha value is -11.3. The Balaban J connectivity index is 0.000000136. The Morgan fingerprint density at radius 1 is 0.184 bits per heavy atom. The van der Waals surface area contributed by atoms with Crippen LogP contribution >= 0.6 is 0 Å². The van der Waals surface area contributed by atoms with Crippen molar-refractivity contribution in [2.24, 2.45) is 0 Å². The van der Waals surface area contributed by atoms with Crippen LogP contribution in [0, 0.1) is 6.92 Å². The van der Waals surface area contributed by atoms with Crippen molar-refractivity contribution in [2.45, 2.75) is 6.92 Å². The van der Waals surface area contributed by atoms with E-state index in [1.807, 2.05) is 0 Å². The summed E-state index contributed by atoms with van der Waals surface area (Å²) in [5.74, 6) is 0. The van der Waals surface area contributed by atoms with Gasteiger partial charge in [0, 0.05) is 32.9 Å². The molecule has 0 aliphatic carbocycles. The molecule has 2 nitrogen and oxygen atoms in total. The van der Waals surface area contributed by atoms with Gasteiger partial charge in [0.25, 0.3) is 0 Å². The molecule has 0 spiro atoms. The largest absolute Gasteiger partial charge is 0.309 e. The molecule has 0 fully saturated rings. The molecule has 18 rings (SSSR count). The fourth-order valence-electron chi connectivity index (χ4n) is 14.3. The molecule has 0 radical (unpaired) electrons. The predicted molar refractivity (Wildman–Crippen MR) is 373 cm³/mol. The van der Waals surface area contributed by atoms with Crippen LogP contribution in [0.2, 0.25) is 0 Å². The second-order valence-electron chi connectivity index (χ2n) is 23.1. The van der Waals surface area contributed by atoms with Crippen LogP contribution in [-0.2, 0) is 0 Å². The van der Waals surface area contributed by atoms with E-state index in [9.17, 15) is 0 Å². The lowest BCUT2D eigenvalue weighted by molar-refractivity contribution is 1.19. The van der Waals surface area contributed by atoms with E-state index in [1.165, 1.54) is 170 Å². The fourth-order valence-corrected chi connectivity index (χ4v) is 14.3. The number of hydrogen-bond donors (Lipinski definition) is 0. The molecule has 0 amide bonds. The van der Waals surface area contributed by atoms with Gasteiger partial charge in [-0.15, -0.1) is 0 Å². The number of nitrogens with zero attached hydrogens (tertiary/aromatic N) is 2. The predicted octanol–water partition coefficient (Wildman–Crippen LogP) is 23.5. The third kappa shape index (κ3) is 8.25. The van der Waals surface area contributed by atoms with Crippen molar-refractivity contribution in [2.75, 3.05) is 0 Å². The SMILES string of the molecule is Cc1ccc(-c2c3ccccc3c(-c3ccc4cc(-n5c6ccccc6c6ccccc65)ccc4c3)c3ccccc23)cc1.c1ccc(-c2c3ccccc3c(-c3ccc4cc(-n5c6ccccc6c6ccccc65)ccc4c3)c3ccccc23)cc1. The summed E-state index contributed by atoms with van der Waals surface area (Å²) in [5, 5.41) is 20.3. The van der Waals surface area contributed by atoms with Crippen LogP contribution in [0.4, 0.5) is 0 Å². The van der Waals surface area contributed by atoms with Crippen molar-refractivity contribution < 1.29 is 0 Å². The van der Waals surface area contributed by atoms with E-state index in [4.69, 9.17) is 0 Å². The zero-order valence-corrected chi connectivity index (χ0v) is 48.0. The van der Waals surface area contributed by atoms with E-state index in [0.29, 0.717) is 0 Å². The molecule has 87 heavy (non-hydrogen) atoms. The minimum Gasteiger partial charge on any atom is -0.309 e.